The molecule has 3 rings (SSSR count). The van der Waals surface area contributed by atoms with Crippen molar-refractivity contribution in [2.45, 2.75) is 18.4 Å². The van der Waals surface area contributed by atoms with Gasteiger partial charge >= 0.3 is 0 Å². The number of aryl methyl sites for hydroxylation is 1. The Balaban J connectivity index is 1.90. The topological polar surface area (TPSA) is 29.5 Å². The maximum absolute atomic E-state index is 11.8. The first-order valence-corrected chi connectivity index (χ1v) is 6.85. The Kier molecular flexibility index (Phi) is 3.04. The van der Waals surface area contributed by atoms with Crippen LogP contribution in [0, 0.1) is 0 Å². The number of hydrogen-bond acceptors (Lipinski definition) is 2. The number of fused-ring (bicyclic) bond motifs is 2. The monoisotopic (exact) mass is 265 g/mol. The Morgan fingerprint density at radius 3 is 3.11 bits per heavy atom. The van der Waals surface area contributed by atoms with Crippen molar-refractivity contribution in [2.75, 3.05) is 25.6 Å². The Labute approximate surface area is 112 Å². The molecule has 2 aliphatic rings. The summed E-state index contributed by atoms with van der Waals surface area (Å²) in [5.74, 6) is 0.0567. The lowest BCUT2D eigenvalue weighted by molar-refractivity contribution is -0.150. The van der Waals surface area contributed by atoms with Crippen molar-refractivity contribution in [3.05, 3.63) is 35.4 Å². The summed E-state index contributed by atoms with van der Waals surface area (Å²) in [6.07, 6.45) is 1.98. The molecule has 1 saturated heterocycles. The SMILES string of the molecule is O=C(CCl)N1CCOC2(CCc3ccccc32)C1. The first-order valence-electron chi connectivity index (χ1n) is 6.31. The van der Waals surface area contributed by atoms with Crippen LogP contribution in [0.5, 0.6) is 0 Å². The molecule has 1 aliphatic heterocycles. The highest BCUT2D eigenvalue weighted by Crippen LogP contribution is 2.42. The van der Waals surface area contributed by atoms with Gasteiger partial charge in [-0.1, -0.05) is 24.3 Å². The van der Waals surface area contributed by atoms with E-state index in [-0.39, 0.29) is 17.4 Å². The summed E-state index contributed by atoms with van der Waals surface area (Å²) in [6, 6.07) is 8.37. The van der Waals surface area contributed by atoms with E-state index in [9.17, 15) is 4.79 Å². The first kappa shape index (κ1) is 12.0. The highest BCUT2D eigenvalue weighted by atomic mass is 35.5. The number of amides is 1. The highest BCUT2D eigenvalue weighted by Gasteiger charge is 2.44. The predicted molar refractivity (Wildman–Crippen MR) is 69.7 cm³/mol. The lowest BCUT2D eigenvalue weighted by atomic mass is 9.93. The zero-order valence-corrected chi connectivity index (χ0v) is 10.9. The molecule has 96 valence electrons. The molecule has 1 spiro atoms. The third-order valence-electron chi connectivity index (χ3n) is 3.96. The summed E-state index contributed by atoms with van der Waals surface area (Å²) in [6.45, 7) is 1.88. The van der Waals surface area contributed by atoms with E-state index in [0.29, 0.717) is 19.7 Å². The maximum atomic E-state index is 11.8. The number of hydrogen-bond donors (Lipinski definition) is 0. The first-order chi connectivity index (χ1) is 8.75. The number of morpholine rings is 1. The van der Waals surface area contributed by atoms with Crippen molar-refractivity contribution in [3.8, 4) is 0 Å². The molecule has 0 aromatic heterocycles. The lowest BCUT2D eigenvalue weighted by Crippen LogP contribution is -2.51. The zero-order valence-electron chi connectivity index (χ0n) is 10.2. The van der Waals surface area contributed by atoms with Crippen LogP contribution in [-0.2, 0) is 21.6 Å². The third kappa shape index (κ3) is 1.82. The number of benzene rings is 1. The summed E-state index contributed by atoms with van der Waals surface area (Å²) in [4.78, 5) is 13.6. The molecule has 18 heavy (non-hydrogen) atoms. The molecule has 1 amide bonds. The molecule has 1 heterocycles. The van der Waals surface area contributed by atoms with Crippen molar-refractivity contribution < 1.29 is 9.53 Å². The van der Waals surface area contributed by atoms with Gasteiger partial charge in [0.2, 0.25) is 5.91 Å². The van der Waals surface area contributed by atoms with Gasteiger partial charge in [-0.2, -0.15) is 0 Å². The summed E-state index contributed by atoms with van der Waals surface area (Å²) in [7, 11) is 0. The summed E-state index contributed by atoms with van der Waals surface area (Å²) in [5.41, 5.74) is 2.30. The van der Waals surface area contributed by atoms with Crippen LogP contribution in [0.3, 0.4) is 0 Å². The van der Waals surface area contributed by atoms with E-state index >= 15 is 0 Å². The number of nitrogens with zero attached hydrogens (tertiary/aromatic N) is 1. The van der Waals surface area contributed by atoms with Gasteiger partial charge in [-0.25, -0.2) is 0 Å². The number of alkyl halides is 1. The van der Waals surface area contributed by atoms with E-state index in [2.05, 4.69) is 18.2 Å². The Bertz CT molecular complexity index is 473. The number of carbonyl (C=O) groups excluding carboxylic acids is 1. The second kappa shape index (κ2) is 4.56. The molecule has 0 saturated carbocycles. The van der Waals surface area contributed by atoms with Crippen LogP contribution in [0.2, 0.25) is 0 Å². The van der Waals surface area contributed by atoms with E-state index in [1.54, 1.807) is 0 Å². The number of ether oxygens (including phenoxy) is 1. The van der Waals surface area contributed by atoms with Crippen LogP contribution in [0.1, 0.15) is 17.5 Å². The summed E-state index contributed by atoms with van der Waals surface area (Å²) < 4.78 is 6.04. The minimum Gasteiger partial charge on any atom is -0.367 e. The van der Waals surface area contributed by atoms with E-state index in [4.69, 9.17) is 16.3 Å². The van der Waals surface area contributed by atoms with Crippen molar-refractivity contribution in [3.63, 3.8) is 0 Å². The summed E-state index contributed by atoms with van der Waals surface area (Å²) >= 11 is 5.65. The van der Waals surface area contributed by atoms with Crippen LogP contribution in [0.25, 0.3) is 0 Å². The van der Waals surface area contributed by atoms with E-state index < -0.39 is 0 Å². The molecule has 4 heteroatoms. The van der Waals surface area contributed by atoms with Crippen molar-refractivity contribution in [1.29, 1.82) is 0 Å². The maximum Gasteiger partial charge on any atom is 0.237 e. The molecule has 0 N–H and O–H groups in total. The lowest BCUT2D eigenvalue weighted by Gasteiger charge is -2.41. The molecule has 1 aliphatic carbocycles. The minimum absolute atomic E-state index is 0.00345. The van der Waals surface area contributed by atoms with Gasteiger partial charge < -0.3 is 9.64 Å². The van der Waals surface area contributed by atoms with Gasteiger partial charge in [0.1, 0.15) is 11.5 Å². The van der Waals surface area contributed by atoms with Gasteiger partial charge in [0.05, 0.1) is 13.2 Å². The Morgan fingerprint density at radius 2 is 2.28 bits per heavy atom. The number of halogens is 1. The van der Waals surface area contributed by atoms with Crippen LogP contribution < -0.4 is 0 Å². The Hall–Kier alpha value is -1.06. The van der Waals surface area contributed by atoms with E-state index in [0.717, 1.165) is 12.8 Å². The fourth-order valence-electron chi connectivity index (χ4n) is 3.05. The molecule has 1 aromatic carbocycles. The largest absolute Gasteiger partial charge is 0.367 e. The van der Waals surface area contributed by atoms with E-state index in [1.165, 1.54) is 11.1 Å². The Morgan fingerprint density at radius 1 is 1.44 bits per heavy atom. The number of rotatable bonds is 1. The van der Waals surface area contributed by atoms with Crippen LogP contribution in [-0.4, -0.2) is 36.4 Å². The molecule has 1 atom stereocenters. The summed E-state index contributed by atoms with van der Waals surface area (Å²) in [5, 5.41) is 0. The van der Waals surface area contributed by atoms with E-state index in [1.807, 2.05) is 11.0 Å². The second-order valence-electron chi connectivity index (χ2n) is 4.95. The molecule has 3 nitrogen and oxygen atoms in total. The van der Waals surface area contributed by atoms with Crippen molar-refractivity contribution in [1.82, 2.24) is 4.90 Å². The fourth-order valence-corrected chi connectivity index (χ4v) is 3.22. The van der Waals surface area contributed by atoms with Crippen LogP contribution in [0.4, 0.5) is 0 Å². The second-order valence-corrected chi connectivity index (χ2v) is 5.22. The molecule has 1 aromatic rings. The standard InChI is InChI=1S/C14H16ClNO2/c15-9-13(17)16-7-8-18-14(10-16)6-5-11-3-1-2-4-12(11)14/h1-4H,5-10H2. The number of carbonyl (C=O) groups is 1. The predicted octanol–water partition coefficient (Wildman–Crippen LogP) is 1.93. The third-order valence-corrected chi connectivity index (χ3v) is 4.19. The van der Waals surface area contributed by atoms with Crippen LogP contribution in [0.15, 0.2) is 24.3 Å². The molecule has 1 fully saturated rings. The zero-order chi connectivity index (χ0) is 12.6. The van der Waals surface area contributed by atoms with Gasteiger partial charge in [-0.05, 0) is 24.0 Å². The van der Waals surface area contributed by atoms with Gasteiger partial charge in [-0.3, -0.25) is 4.79 Å². The van der Waals surface area contributed by atoms with Gasteiger partial charge in [0.15, 0.2) is 0 Å². The molecule has 0 bridgehead atoms. The van der Waals surface area contributed by atoms with Gasteiger partial charge in [-0.15, -0.1) is 11.6 Å². The van der Waals surface area contributed by atoms with Gasteiger partial charge in [0, 0.05) is 6.54 Å². The smallest absolute Gasteiger partial charge is 0.237 e. The van der Waals surface area contributed by atoms with Crippen molar-refractivity contribution in [2.24, 2.45) is 0 Å². The highest BCUT2D eigenvalue weighted by molar-refractivity contribution is 6.27. The molecule has 0 radical (unpaired) electrons. The van der Waals surface area contributed by atoms with Crippen LogP contribution >= 0.6 is 11.6 Å². The fraction of sp³-hybridized carbons (Fsp3) is 0.500. The molecular formula is C14H16ClNO2. The molecular weight excluding hydrogens is 250 g/mol. The normalized spacial score (nSPS) is 26.4. The molecule has 1 unspecified atom stereocenters. The quantitative estimate of drug-likeness (QED) is 0.726. The minimum atomic E-state index is -0.295. The average molecular weight is 266 g/mol. The average Bonchev–Trinajstić information content (AvgIpc) is 2.77. The van der Waals surface area contributed by atoms with Crippen molar-refractivity contribution >= 4 is 17.5 Å². The van der Waals surface area contributed by atoms with Gasteiger partial charge in [0.25, 0.3) is 0 Å².